The van der Waals surface area contributed by atoms with Gasteiger partial charge in [0.05, 0.1) is 0 Å². The molecule has 0 N–H and O–H groups in total. The summed E-state index contributed by atoms with van der Waals surface area (Å²) in [4.78, 5) is 59.9. The van der Waals surface area contributed by atoms with E-state index >= 15 is 0 Å². The van der Waals surface area contributed by atoms with E-state index in [4.69, 9.17) is 33.2 Å². The van der Waals surface area contributed by atoms with Gasteiger partial charge in [0, 0.05) is 40.7 Å². The van der Waals surface area contributed by atoms with Crippen LogP contribution in [-0.4, -0.2) is 84.2 Å². The molecule has 1 rings (SSSR count). The van der Waals surface area contributed by atoms with Crippen LogP contribution < -0.4 is 0 Å². The third-order valence-electron chi connectivity index (χ3n) is 4.99. The molecule has 36 heavy (non-hydrogen) atoms. The van der Waals surface area contributed by atoms with Crippen molar-refractivity contribution in [3.63, 3.8) is 0 Å². The fraction of sp³-hybridized carbons (Fsp3) is 0.783. The zero-order valence-corrected chi connectivity index (χ0v) is 23.2. The van der Waals surface area contributed by atoms with Crippen molar-refractivity contribution >= 4 is 45.6 Å². The van der Waals surface area contributed by atoms with Crippen LogP contribution >= 0.6 is 15.9 Å². The van der Waals surface area contributed by atoms with E-state index in [9.17, 15) is 24.0 Å². The predicted molar refractivity (Wildman–Crippen MR) is 126 cm³/mol. The summed E-state index contributed by atoms with van der Waals surface area (Å²) in [6.45, 7) is 9.43. The van der Waals surface area contributed by atoms with E-state index in [1.807, 2.05) is 6.92 Å². The third-order valence-corrected chi connectivity index (χ3v) is 5.80. The van der Waals surface area contributed by atoms with Gasteiger partial charge in [-0.1, -0.05) is 29.8 Å². The monoisotopic (exact) mass is 582 g/mol. The van der Waals surface area contributed by atoms with Crippen LogP contribution in [0.15, 0.2) is 0 Å². The summed E-state index contributed by atoms with van der Waals surface area (Å²) in [6, 6.07) is 0. The van der Waals surface area contributed by atoms with E-state index in [0.29, 0.717) is 6.42 Å². The van der Waals surface area contributed by atoms with Crippen molar-refractivity contribution in [2.45, 2.75) is 103 Å². The molecule has 0 unspecified atom stereocenters. The number of hydrogen-bond acceptors (Lipinski definition) is 12. The Morgan fingerprint density at radius 1 is 0.861 bits per heavy atom. The van der Waals surface area contributed by atoms with E-state index < -0.39 is 71.8 Å². The zero-order chi connectivity index (χ0) is 27.6. The summed E-state index contributed by atoms with van der Waals surface area (Å²) in [5.74, 6) is -3.18. The second kappa shape index (κ2) is 14.6. The highest BCUT2D eigenvalue weighted by molar-refractivity contribution is 9.10. The van der Waals surface area contributed by atoms with Crippen LogP contribution in [0.2, 0.25) is 0 Å². The highest BCUT2D eigenvalue weighted by atomic mass is 79.9. The van der Waals surface area contributed by atoms with E-state index in [1.54, 1.807) is 13.8 Å². The molecule has 1 heterocycles. The first kappa shape index (κ1) is 31.9. The van der Waals surface area contributed by atoms with Crippen LogP contribution in [0.1, 0.15) is 61.3 Å². The van der Waals surface area contributed by atoms with E-state index in [-0.39, 0.29) is 18.8 Å². The van der Waals surface area contributed by atoms with Crippen molar-refractivity contribution in [3.05, 3.63) is 0 Å². The highest BCUT2D eigenvalue weighted by Gasteiger charge is 2.54. The van der Waals surface area contributed by atoms with Crippen molar-refractivity contribution in [2.75, 3.05) is 13.2 Å². The Labute approximate surface area is 218 Å². The first-order valence-electron chi connectivity index (χ1n) is 11.5. The zero-order valence-electron chi connectivity index (χ0n) is 21.6. The number of rotatable bonds is 13. The van der Waals surface area contributed by atoms with Crippen molar-refractivity contribution in [1.29, 1.82) is 0 Å². The third kappa shape index (κ3) is 9.41. The number of halogens is 1. The number of hydrogen-bond donors (Lipinski definition) is 0. The summed E-state index contributed by atoms with van der Waals surface area (Å²) in [5.41, 5.74) is 0. The average Bonchev–Trinajstić information content (AvgIpc) is 2.77. The minimum atomic E-state index is -1.48. The minimum absolute atomic E-state index is 0.162. The molecule has 0 aromatic heterocycles. The number of Topliss-reactive ketones (excluding diaryl/α,β-unsaturated/α-hetero) is 1. The average molecular weight is 583 g/mol. The van der Waals surface area contributed by atoms with E-state index in [2.05, 4.69) is 15.9 Å². The summed E-state index contributed by atoms with van der Waals surface area (Å²) in [7, 11) is 0. The van der Waals surface area contributed by atoms with Crippen molar-refractivity contribution < 1.29 is 57.1 Å². The topological polar surface area (TPSA) is 150 Å². The Kier molecular flexibility index (Phi) is 13.0. The van der Waals surface area contributed by atoms with Gasteiger partial charge in [0.1, 0.15) is 17.0 Å². The van der Waals surface area contributed by atoms with E-state index in [0.717, 1.165) is 20.8 Å². The lowest BCUT2D eigenvalue weighted by Crippen LogP contribution is -2.64. The van der Waals surface area contributed by atoms with Crippen LogP contribution in [0, 0.1) is 0 Å². The van der Waals surface area contributed by atoms with Gasteiger partial charge in [-0.2, -0.15) is 0 Å². The molecule has 7 atom stereocenters. The van der Waals surface area contributed by atoms with Crippen LogP contribution in [0.4, 0.5) is 0 Å². The second-order valence-corrected chi connectivity index (χ2v) is 9.91. The molecule has 0 aromatic rings. The first-order valence-corrected chi connectivity index (χ1v) is 12.3. The maximum absolute atomic E-state index is 12.6. The van der Waals surface area contributed by atoms with Gasteiger partial charge >= 0.3 is 23.9 Å². The van der Waals surface area contributed by atoms with Gasteiger partial charge in [-0.3, -0.25) is 24.0 Å². The van der Waals surface area contributed by atoms with Crippen molar-refractivity contribution in [2.24, 2.45) is 0 Å². The molecule has 1 fully saturated rings. The lowest BCUT2D eigenvalue weighted by Gasteiger charge is -2.45. The van der Waals surface area contributed by atoms with Gasteiger partial charge in [0.25, 0.3) is 0 Å². The SMILES string of the molecule is CCCO[C@H](O[C@@H]1O[C@H](COC(C)=O)[C@@H](OC(C)=O)[C@H](OC(C)=O)[C@H]1OC(C)=O)[C@@](C)(Br)C(=O)CC. The Bertz CT molecular complexity index is 798. The van der Waals surface area contributed by atoms with Crippen LogP contribution in [-0.2, 0) is 57.1 Å². The highest BCUT2D eigenvalue weighted by Crippen LogP contribution is 2.35. The maximum atomic E-state index is 12.6. The number of ketones is 1. The van der Waals surface area contributed by atoms with Gasteiger partial charge in [-0.15, -0.1) is 0 Å². The van der Waals surface area contributed by atoms with Crippen LogP contribution in [0.25, 0.3) is 0 Å². The Hall–Kier alpha value is -2.09. The quantitative estimate of drug-likeness (QED) is 0.135. The summed E-state index contributed by atoms with van der Waals surface area (Å²) in [5, 5.41) is 0. The molecule has 0 bridgehead atoms. The molecular weight excluding hydrogens is 548 g/mol. The lowest BCUT2D eigenvalue weighted by molar-refractivity contribution is -0.341. The van der Waals surface area contributed by atoms with Crippen LogP contribution in [0.5, 0.6) is 0 Å². The molecule has 206 valence electrons. The second-order valence-electron chi connectivity index (χ2n) is 8.26. The molecule has 13 heteroatoms. The van der Waals surface area contributed by atoms with Crippen molar-refractivity contribution in [1.82, 2.24) is 0 Å². The molecular formula is C23H35BrO12. The lowest BCUT2D eigenvalue weighted by atomic mass is 9.97. The Morgan fingerprint density at radius 3 is 1.86 bits per heavy atom. The van der Waals surface area contributed by atoms with Crippen molar-refractivity contribution in [3.8, 4) is 0 Å². The number of carbonyl (C=O) groups excluding carboxylic acids is 5. The van der Waals surface area contributed by atoms with Gasteiger partial charge in [-0.25, -0.2) is 0 Å². The molecule has 0 spiro atoms. The molecule has 0 saturated carbocycles. The minimum Gasteiger partial charge on any atom is -0.463 e. The van der Waals surface area contributed by atoms with Gasteiger partial charge in [0.2, 0.25) is 6.29 Å². The number of esters is 4. The molecule has 0 aliphatic carbocycles. The molecule has 0 amide bonds. The van der Waals surface area contributed by atoms with Crippen LogP contribution in [0.3, 0.4) is 0 Å². The smallest absolute Gasteiger partial charge is 0.303 e. The van der Waals surface area contributed by atoms with Gasteiger partial charge in [-0.05, 0) is 13.3 Å². The summed E-state index contributed by atoms with van der Waals surface area (Å²) in [6.07, 6.45) is -7.29. The fourth-order valence-corrected chi connectivity index (χ4v) is 3.97. The number of alkyl halides is 1. The number of carbonyl (C=O) groups is 5. The van der Waals surface area contributed by atoms with Gasteiger partial charge < -0.3 is 33.2 Å². The maximum Gasteiger partial charge on any atom is 0.303 e. The Morgan fingerprint density at radius 2 is 1.39 bits per heavy atom. The standard InChI is InChI=1S/C23H35BrO12/c1-8-10-30-22(23(7,24)17(29)9-2)36-21-20(34-15(6)28)19(33-14(5)27)18(32-13(4)26)16(35-21)11-31-12(3)25/h16,18-22H,8-11H2,1-7H3/t16-,18-,19+,20-,21+,22-,23+/m1/s1. The molecule has 12 nitrogen and oxygen atoms in total. The first-order chi connectivity index (χ1) is 16.7. The molecule has 1 aliphatic heterocycles. The van der Waals surface area contributed by atoms with Gasteiger partial charge in [0.15, 0.2) is 30.4 Å². The van der Waals surface area contributed by atoms with E-state index in [1.165, 1.54) is 6.92 Å². The molecule has 1 aliphatic rings. The molecule has 1 saturated heterocycles. The summed E-state index contributed by atoms with van der Waals surface area (Å²) < 4.78 is 37.6. The summed E-state index contributed by atoms with van der Waals surface area (Å²) >= 11 is 3.38. The normalized spacial score (nSPS) is 26.2. The molecule has 0 aromatic carbocycles. The number of ether oxygens (including phenoxy) is 7. The Balaban J connectivity index is 3.53. The fourth-order valence-electron chi connectivity index (χ4n) is 3.45. The largest absolute Gasteiger partial charge is 0.463 e. The molecule has 0 radical (unpaired) electrons. The predicted octanol–water partition coefficient (Wildman–Crippen LogP) is 1.97.